The van der Waals surface area contributed by atoms with Crippen molar-refractivity contribution in [1.29, 1.82) is 0 Å². The summed E-state index contributed by atoms with van der Waals surface area (Å²) in [7, 11) is -3.74. The first-order chi connectivity index (χ1) is 12.8. The van der Waals surface area contributed by atoms with E-state index >= 15 is 0 Å². The summed E-state index contributed by atoms with van der Waals surface area (Å²) in [4.78, 5) is 11.1. The van der Waals surface area contributed by atoms with Gasteiger partial charge in [0.1, 0.15) is 0 Å². The summed E-state index contributed by atoms with van der Waals surface area (Å²) in [6.07, 6.45) is 3.12. The quantitative estimate of drug-likeness (QED) is 0.683. The van der Waals surface area contributed by atoms with Crippen LogP contribution in [0.15, 0.2) is 65.8 Å². The number of benzene rings is 2. The minimum absolute atomic E-state index is 0.100. The molecule has 0 aliphatic heterocycles. The van der Waals surface area contributed by atoms with Crippen LogP contribution in [0.5, 0.6) is 0 Å². The molecule has 0 fully saturated rings. The maximum Gasteiger partial charge on any atom is 0.261 e. The number of nitrogens with zero attached hydrogens (tertiary/aromatic N) is 2. The molecule has 140 valence electrons. The largest absolute Gasteiger partial charge is 0.326 e. The maximum atomic E-state index is 12.5. The summed E-state index contributed by atoms with van der Waals surface area (Å²) in [6, 6.07) is 13.9. The SMILES string of the molecule is CC(=O)Nc1ccc(S(=O)(=O)Nc2cnn(Cc3ccccc3C)c2)cc1. The Labute approximate surface area is 158 Å². The first-order valence-corrected chi connectivity index (χ1v) is 9.79. The molecular formula is C19H20N4O3S. The zero-order chi connectivity index (χ0) is 19.4. The molecule has 0 unspecified atom stereocenters. The van der Waals surface area contributed by atoms with Crippen molar-refractivity contribution in [2.45, 2.75) is 25.3 Å². The summed E-state index contributed by atoms with van der Waals surface area (Å²) in [5, 5.41) is 6.82. The van der Waals surface area contributed by atoms with E-state index in [0.29, 0.717) is 17.9 Å². The molecule has 1 amide bonds. The van der Waals surface area contributed by atoms with Crippen molar-refractivity contribution < 1.29 is 13.2 Å². The van der Waals surface area contributed by atoms with Crippen LogP contribution >= 0.6 is 0 Å². The fourth-order valence-corrected chi connectivity index (χ4v) is 3.63. The third-order valence-electron chi connectivity index (χ3n) is 3.96. The molecule has 2 N–H and O–H groups in total. The number of rotatable bonds is 6. The van der Waals surface area contributed by atoms with Crippen LogP contribution < -0.4 is 10.0 Å². The number of carbonyl (C=O) groups excluding carboxylic acids is 1. The second-order valence-electron chi connectivity index (χ2n) is 6.16. The molecule has 2 aromatic carbocycles. The Balaban J connectivity index is 1.72. The molecule has 3 aromatic rings. The van der Waals surface area contributed by atoms with Gasteiger partial charge in [0.05, 0.1) is 23.3 Å². The molecule has 0 aliphatic carbocycles. The lowest BCUT2D eigenvalue weighted by Gasteiger charge is -2.08. The number of amides is 1. The molecule has 0 aliphatic rings. The highest BCUT2D eigenvalue weighted by Crippen LogP contribution is 2.18. The van der Waals surface area contributed by atoms with Crippen molar-refractivity contribution >= 4 is 27.3 Å². The van der Waals surface area contributed by atoms with Crippen molar-refractivity contribution in [3.05, 3.63) is 72.1 Å². The fourth-order valence-electron chi connectivity index (χ4n) is 2.60. The van der Waals surface area contributed by atoms with Crippen LogP contribution in [0.2, 0.25) is 0 Å². The zero-order valence-corrected chi connectivity index (χ0v) is 15.8. The van der Waals surface area contributed by atoms with E-state index in [1.807, 2.05) is 31.2 Å². The number of carbonyl (C=O) groups is 1. The van der Waals surface area contributed by atoms with E-state index in [2.05, 4.69) is 15.1 Å². The van der Waals surface area contributed by atoms with Gasteiger partial charge in [-0.05, 0) is 42.3 Å². The summed E-state index contributed by atoms with van der Waals surface area (Å²) in [6.45, 7) is 3.97. The molecule has 0 saturated heterocycles. The highest BCUT2D eigenvalue weighted by Gasteiger charge is 2.15. The number of aryl methyl sites for hydroxylation is 1. The molecule has 0 bridgehead atoms. The van der Waals surface area contributed by atoms with Crippen LogP contribution in [-0.2, 0) is 21.4 Å². The smallest absolute Gasteiger partial charge is 0.261 e. The summed E-state index contributed by atoms with van der Waals surface area (Å²) in [5.41, 5.74) is 3.18. The van der Waals surface area contributed by atoms with E-state index in [1.165, 1.54) is 37.4 Å². The molecule has 8 heteroatoms. The van der Waals surface area contributed by atoms with Gasteiger partial charge in [-0.1, -0.05) is 24.3 Å². The van der Waals surface area contributed by atoms with Gasteiger partial charge in [0.15, 0.2) is 0 Å². The average Bonchev–Trinajstić information content (AvgIpc) is 3.03. The Morgan fingerprint density at radius 3 is 2.44 bits per heavy atom. The molecule has 1 aromatic heterocycles. The highest BCUT2D eigenvalue weighted by molar-refractivity contribution is 7.92. The average molecular weight is 384 g/mol. The molecule has 0 spiro atoms. The Morgan fingerprint density at radius 2 is 1.78 bits per heavy atom. The normalized spacial score (nSPS) is 11.2. The van der Waals surface area contributed by atoms with Crippen molar-refractivity contribution in [3.63, 3.8) is 0 Å². The molecular weight excluding hydrogens is 364 g/mol. The lowest BCUT2D eigenvalue weighted by atomic mass is 10.1. The molecule has 27 heavy (non-hydrogen) atoms. The number of sulfonamides is 1. The van der Waals surface area contributed by atoms with E-state index < -0.39 is 10.0 Å². The number of hydrogen-bond acceptors (Lipinski definition) is 4. The Morgan fingerprint density at radius 1 is 1.07 bits per heavy atom. The van der Waals surface area contributed by atoms with Crippen LogP contribution in [0, 0.1) is 6.92 Å². The van der Waals surface area contributed by atoms with Gasteiger partial charge in [-0.2, -0.15) is 5.10 Å². The molecule has 0 atom stereocenters. The number of anilines is 2. The number of aromatic nitrogens is 2. The van der Waals surface area contributed by atoms with Crippen molar-refractivity contribution in [1.82, 2.24) is 9.78 Å². The van der Waals surface area contributed by atoms with Crippen LogP contribution in [0.4, 0.5) is 11.4 Å². The van der Waals surface area contributed by atoms with E-state index in [-0.39, 0.29) is 10.8 Å². The maximum absolute atomic E-state index is 12.5. The van der Waals surface area contributed by atoms with Gasteiger partial charge in [-0.15, -0.1) is 0 Å². The van der Waals surface area contributed by atoms with Crippen molar-refractivity contribution in [3.8, 4) is 0 Å². The van der Waals surface area contributed by atoms with Gasteiger partial charge < -0.3 is 5.32 Å². The van der Waals surface area contributed by atoms with E-state index in [1.54, 1.807) is 10.9 Å². The monoisotopic (exact) mass is 384 g/mol. The number of nitrogens with one attached hydrogen (secondary N) is 2. The first-order valence-electron chi connectivity index (χ1n) is 8.31. The summed E-state index contributed by atoms with van der Waals surface area (Å²) >= 11 is 0. The lowest BCUT2D eigenvalue weighted by Crippen LogP contribution is -2.13. The Bertz CT molecular complexity index is 1060. The van der Waals surface area contributed by atoms with Crippen LogP contribution in [-0.4, -0.2) is 24.1 Å². The van der Waals surface area contributed by atoms with Crippen molar-refractivity contribution in [2.24, 2.45) is 0 Å². The third-order valence-corrected chi connectivity index (χ3v) is 5.36. The van der Waals surface area contributed by atoms with Crippen LogP contribution in [0.25, 0.3) is 0 Å². The molecule has 0 saturated carbocycles. The Hall–Kier alpha value is -3.13. The predicted octanol–water partition coefficient (Wildman–Crippen LogP) is 3.00. The minimum Gasteiger partial charge on any atom is -0.326 e. The minimum atomic E-state index is -3.74. The molecule has 7 nitrogen and oxygen atoms in total. The van der Waals surface area contributed by atoms with E-state index in [0.717, 1.165) is 11.1 Å². The topological polar surface area (TPSA) is 93.1 Å². The summed E-state index contributed by atoms with van der Waals surface area (Å²) < 4.78 is 29.2. The van der Waals surface area contributed by atoms with Gasteiger partial charge in [-0.3, -0.25) is 14.2 Å². The molecule has 3 rings (SSSR count). The van der Waals surface area contributed by atoms with E-state index in [9.17, 15) is 13.2 Å². The zero-order valence-electron chi connectivity index (χ0n) is 15.0. The van der Waals surface area contributed by atoms with Crippen LogP contribution in [0.3, 0.4) is 0 Å². The standard InChI is InChI=1S/C19H20N4O3S/c1-14-5-3-4-6-16(14)12-23-13-18(11-20-23)22-27(25,26)19-9-7-17(8-10-19)21-15(2)24/h3-11,13,22H,12H2,1-2H3,(H,21,24). The van der Waals surface area contributed by atoms with Gasteiger partial charge in [0.2, 0.25) is 5.91 Å². The highest BCUT2D eigenvalue weighted by atomic mass is 32.2. The molecule has 1 heterocycles. The predicted molar refractivity (Wildman–Crippen MR) is 104 cm³/mol. The number of hydrogen-bond donors (Lipinski definition) is 2. The van der Waals surface area contributed by atoms with Gasteiger partial charge in [0.25, 0.3) is 10.0 Å². The van der Waals surface area contributed by atoms with Gasteiger partial charge >= 0.3 is 0 Å². The van der Waals surface area contributed by atoms with Gasteiger partial charge in [0, 0.05) is 18.8 Å². The van der Waals surface area contributed by atoms with Crippen LogP contribution in [0.1, 0.15) is 18.1 Å². The van der Waals surface area contributed by atoms with Crippen molar-refractivity contribution in [2.75, 3.05) is 10.0 Å². The lowest BCUT2D eigenvalue weighted by molar-refractivity contribution is -0.114. The fraction of sp³-hybridized carbons (Fsp3) is 0.158. The summed E-state index contributed by atoms with van der Waals surface area (Å²) in [5.74, 6) is -0.218. The first kappa shape index (κ1) is 18.7. The molecule has 0 radical (unpaired) electrons. The third kappa shape index (κ3) is 4.73. The van der Waals surface area contributed by atoms with E-state index in [4.69, 9.17) is 0 Å². The second-order valence-corrected chi connectivity index (χ2v) is 7.85. The Kier molecular flexibility index (Phi) is 5.27. The van der Waals surface area contributed by atoms with Gasteiger partial charge in [-0.25, -0.2) is 8.42 Å². The second kappa shape index (κ2) is 7.63.